The summed E-state index contributed by atoms with van der Waals surface area (Å²) < 4.78 is 5.77. The minimum Gasteiger partial charge on any atom is -0.457 e. The second kappa shape index (κ2) is 10.3. The number of hydrogen-bond donors (Lipinski definition) is 1. The highest BCUT2D eigenvalue weighted by molar-refractivity contribution is 8.00. The van der Waals surface area contributed by atoms with Crippen LogP contribution >= 0.6 is 23.4 Å². The summed E-state index contributed by atoms with van der Waals surface area (Å²) in [7, 11) is 0. The first-order valence-electron chi connectivity index (χ1n) is 10.9. The number of pyridine rings is 1. The number of amides is 2. The van der Waals surface area contributed by atoms with E-state index in [9.17, 15) is 20.1 Å². The number of carbonyl (C=O) groups excluding carboxylic acids is 2. The van der Waals surface area contributed by atoms with Crippen LogP contribution in [0.1, 0.15) is 42.9 Å². The van der Waals surface area contributed by atoms with Crippen LogP contribution in [0.4, 0.5) is 11.5 Å². The molecule has 1 fully saturated rings. The third-order valence-electron chi connectivity index (χ3n) is 5.54. The summed E-state index contributed by atoms with van der Waals surface area (Å²) in [5.41, 5.74) is 7.24. The van der Waals surface area contributed by atoms with Gasteiger partial charge in [0.05, 0.1) is 22.1 Å². The van der Waals surface area contributed by atoms with Gasteiger partial charge in [0.25, 0.3) is 0 Å². The van der Waals surface area contributed by atoms with Crippen molar-refractivity contribution in [2.24, 2.45) is 0 Å². The molecule has 1 unspecified atom stereocenters. The molecule has 0 radical (unpaired) electrons. The van der Waals surface area contributed by atoms with Crippen LogP contribution < -0.4 is 15.4 Å². The van der Waals surface area contributed by atoms with Gasteiger partial charge in [-0.05, 0) is 60.0 Å². The third kappa shape index (κ3) is 4.85. The number of rotatable bonds is 6. The van der Waals surface area contributed by atoms with Crippen LogP contribution in [0.5, 0.6) is 11.5 Å². The Morgan fingerprint density at radius 1 is 1.06 bits per heavy atom. The molecule has 36 heavy (non-hydrogen) atoms. The van der Waals surface area contributed by atoms with Gasteiger partial charge in [-0.1, -0.05) is 37.2 Å². The minimum atomic E-state index is -0.783. The summed E-state index contributed by atoms with van der Waals surface area (Å²) in [6, 6.07) is 17.6. The molecule has 0 aliphatic carbocycles. The van der Waals surface area contributed by atoms with Gasteiger partial charge in [-0.25, -0.2) is 9.88 Å². The monoisotopic (exact) mass is 517 g/mol. The van der Waals surface area contributed by atoms with E-state index in [1.165, 1.54) is 0 Å². The molecule has 4 rings (SSSR count). The number of nitrogens with two attached hydrogens (primary N) is 1. The topological polar surface area (TPSA) is 133 Å². The van der Waals surface area contributed by atoms with Crippen LogP contribution in [0.15, 0.2) is 53.6 Å². The molecule has 10 heteroatoms. The van der Waals surface area contributed by atoms with E-state index in [-0.39, 0.29) is 40.2 Å². The van der Waals surface area contributed by atoms with E-state index in [1.807, 2.05) is 19.9 Å². The lowest BCUT2D eigenvalue weighted by Gasteiger charge is -2.17. The van der Waals surface area contributed by atoms with Crippen molar-refractivity contribution in [1.29, 1.82) is 10.5 Å². The Balaban J connectivity index is 1.56. The summed E-state index contributed by atoms with van der Waals surface area (Å²) in [5.74, 6) is 0.171. The molecule has 2 heterocycles. The molecule has 1 aromatic heterocycles. The Hall–Kier alpha value is -4.05. The summed E-state index contributed by atoms with van der Waals surface area (Å²) in [4.78, 5) is 31.3. The first-order valence-corrected chi connectivity index (χ1v) is 12.2. The van der Waals surface area contributed by atoms with Crippen LogP contribution in [-0.2, 0) is 9.59 Å². The zero-order chi connectivity index (χ0) is 26.0. The molecule has 180 valence electrons. The maximum Gasteiger partial charge on any atom is 0.247 e. The van der Waals surface area contributed by atoms with Gasteiger partial charge in [-0.3, -0.25) is 9.59 Å². The smallest absolute Gasteiger partial charge is 0.247 e. The number of nitriles is 2. The Labute approximate surface area is 217 Å². The van der Waals surface area contributed by atoms with E-state index in [0.717, 1.165) is 16.7 Å². The highest BCUT2D eigenvalue weighted by Crippen LogP contribution is 2.39. The van der Waals surface area contributed by atoms with Gasteiger partial charge >= 0.3 is 0 Å². The normalized spacial score (nSPS) is 15.2. The summed E-state index contributed by atoms with van der Waals surface area (Å²) in [6.07, 6.45) is -0.0595. The highest BCUT2D eigenvalue weighted by Gasteiger charge is 2.41. The maximum atomic E-state index is 13.2. The summed E-state index contributed by atoms with van der Waals surface area (Å²) in [5, 5.41) is 19.3. The number of benzene rings is 2. The van der Waals surface area contributed by atoms with Gasteiger partial charge in [0.15, 0.2) is 0 Å². The molecule has 0 bridgehead atoms. The van der Waals surface area contributed by atoms with E-state index >= 15 is 0 Å². The summed E-state index contributed by atoms with van der Waals surface area (Å²) >= 11 is 6.91. The number of ether oxygens (including phenoxy) is 1. The number of carbonyl (C=O) groups is 2. The van der Waals surface area contributed by atoms with Crippen molar-refractivity contribution in [1.82, 2.24) is 4.98 Å². The Kier molecular flexibility index (Phi) is 7.16. The molecule has 3 aromatic rings. The van der Waals surface area contributed by atoms with Crippen LogP contribution in [0, 0.1) is 22.7 Å². The zero-order valence-corrected chi connectivity index (χ0v) is 20.9. The molecule has 0 saturated carbocycles. The molecule has 1 aliphatic heterocycles. The average molecular weight is 518 g/mol. The van der Waals surface area contributed by atoms with Crippen LogP contribution in [0.3, 0.4) is 0 Å². The quantitative estimate of drug-likeness (QED) is 0.429. The first kappa shape index (κ1) is 25.1. The summed E-state index contributed by atoms with van der Waals surface area (Å²) in [6.45, 7) is 3.69. The Morgan fingerprint density at radius 2 is 1.64 bits per heavy atom. The van der Waals surface area contributed by atoms with Gasteiger partial charge in [-0.15, -0.1) is 0 Å². The lowest BCUT2D eigenvalue weighted by Crippen LogP contribution is -2.31. The SMILES string of the molecule is CC(C)c1c(C#N)c(N)nc(SC2CC(=O)N(c3ccc(Oc4ccc(Cl)cc4)cc3)C2=O)c1C#N. The predicted octanol–water partition coefficient (Wildman–Crippen LogP) is 5.40. The second-order valence-electron chi connectivity index (χ2n) is 8.27. The van der Waals surface area contributed by atoms with E-state index in [4.69, 9.17) is 22.1 Å². The van der Waals surface area contributed by atoms with Crippen molar-refractivity contribution in [2.75, 3.05) is 10.6 Å². The standard InChI is InChI=1S/C26H20ClN5O3S/c1-14(2)23-19(12-28)24(30)31-25(20(23)13-29)36-21-11-22(33)32(26(21)34)16-5-9-18(10-6-16)35-17-7-3-15(27)4-8-17/h3-10,14,21H,11H2,1-2H3,(H2,30,31). The molecule has 1 atom stereocenters. The fraction of sp³-hybridized carbons (Fsp3) is 0.192. The Morgan fingerprint density at radius 3 is 2.19 bits per heavy atom. The van der Waals surface area contributed by atoms with Gasteiger partial charge in [0.2, 0.25) is 11.8 Å². The number of thioether (sulfide) groups is 1. The van der Waals surface area contributed by atoms with Crippen molar-refractivity contribution in [3.05, 3.63) is 70.2 Å². The van der Waals surface area contributed by atoms with Crippen LogP contribution in [0.2, 0.25) is 5.02 Å². The minimum absolute atomic E-state index is 0.00685. The lowest BCUT2D eigenvalue weighted by atomic mass is 9.94. The third-order valence-corrected chi connectivity index (χ3v) is 6.96. The van der Waals surface area contributed by atoms with Crippen LogP contribution in [0.25, 0.3) is 0 Å². The van der Waals surface area contributed by atoms with Crippen LogP contribution in [-0.4, -0.2) is 22.0 Å². The number of imide groups is 1. The maximum absolute atomic E-state index is 13.2. The molecule has 8 nitrogen and oxygen atoms in total. The number of hydrogen-bond acceptors (Lipinski definition) is 8. The number of halogens is 1. The molecule has 1 aliphatic rings. The lowest BCUT2D eigenvalue weighted by molar-refractivity contribution is -0.121. The van der Waals surface area contributed by atoms with Gasteiger partial charge in [0, 0.05) is 11.4 Å². The number of nitrogen functional groups attached to an aromatic ring is 1. The Bertz CT molecular complexity index is 1430. The number of nitrogens with zero attached hydrogens (tertiary/aromatic N) is 4. The predicted molar refractivity (Wildman–Crippen MR) is 137 cm³/mol. The second-order valence-corrected chi connectivity index (χ2v) is 9.90. The van der Waals surface area contributed by atoms with Crippen molar-refractivity contribution in [2.45, 2.75) is 36.5 Å². The molecule has 2 N–H and O–H groups in total. The zero-order valence-electron chi connectivity index (χ0n) is 19.4. The fourth-order valence-corrected chi connectivity index (χ4v) is 5.14. The number of aromatic nitrogens is 1. The largest absolute Gasteiger partial charge is 0.457 e. The number of anilines is 2. The van der Waals surface area contributed by atoms with Crippen molar-refractivity contribution < 1.29 is 14.3 Å². The fourth-order valence-electron chi connectivity index (χ4n) is 3.89. The molecule has 1 saturated heterocycles. The molecule has 2 amide bonds. The first-order chi connectivity index (χ1) is 17.2. The van der Waals surface area contributed by atoms with E-state index in [1.54, 1.807) is 48.5 Å². The van der Waals surface area contributed by atoms with Crippen molar-refractivity contribution in [3.63, 3.8) is 0 Å². The molecule has 0 spiro atoms. The van der Waals surface area contributed by atoms with E-state index < -0.39 is 11.2 Å². The molecular formula is C26H20ClN5O3S. The van der Waals surface area contributed by atoms with Crippen molar-refractivity contribution >= 4 is 46.7 Å². The van der Waals surface area contributed by atoms with Crippen molar-refractivity contribution in [3.8, 4) is 23.6 Å². The average Bonchev–Trinajstić information content (AvgIpc) is 3.13. The van der Waals surface area contributed by atoms with Gasteiger partial charge in [0.1, 0.15) is 34.5 Å². The van der Waals surface area contributed by atoms with Gasteiger partial charge in [-0.2, -0.15) is 10.5 Å². The van der Waals surface area contributed by atoms with E-state index in [2.05, 4.69) is 11.1 Å². The van der Waals surface area contributed by atoms with Gasteiger partial charge < -0.3 is 10.5 Å². The highest BCUT2D eigenvalue weighted by atomic mass is 35.5. The molecule has 2 aromatic carbocycles. The molecular weight excluding hydrogens is 498 g/mol. The van der Waals surface area contributed by atoms with E-state index in [0.29, 0.717) is 27.8 Å².